The van der Waals surface area contributed by atoms with E-state index in [1.807, 2.05) is 0 Å². The van der Waals surface area contributed by atoms with Gasteiger partial charge >= 0.3 is 0 Å². The van der Waals surface area contributed by atoms with Crippen LogP contribution in [-0.4, -0.2) is 47.2 Å². The van der Waals surface area contributed by atoms with Gasteiger partial charge in [0, 0.05) is 18.0 Å². The molecule has 1 saturated carbocycles. The molecule has 1 aromatic rings. The normalized spacial score (nSPS) is 13.8. The SMILES string of the molecule is CN(CC(=O)NC1CC1)C(=O)CSc1ccccc1O. The van der Waals surface area contributed by atoms with Crippen LogP contribution in [0, 0.1) is 0 Å². The van der Waals surface area contributed by atoms with Crippen LogP contribution < -0.4 is 5.32 Å². The van der Waals surface area contributed by atoms with E-state index in [0.717, 1.165) is 12.8 Å². The molecule has 1 aliphatic carbocycles. The summed E-state index contributed by atoms with van der Waals surface area (Å²) in [5.41, 5.74) is 0. The molecule has 108 valence electrons. The second kappa shape index (κ2) is 6.65. The smallest absolute Gasteiger partial charge is 0.239 e. The number of benzene rings is 1. The second-order valence-corrected chi connectivity index (χ2v) is 5.87. The van der Waals surface area contributed by atoms with Crippen LogP contribution in [0.25, 0.3) is 0 Å². The minimum atomic E-state index is -0.135. The Labute approximate surface area is 122 Å². The first-order chi connectivity index (χ1) is 9.56. The van der Waals surface area contributed by atoms with Crippen molar-refractivity contribution in [3.05, 3.63) is 24.3 Å². The number of amides is 2. The number of carbonyl (C=O) groups is 2. The van der Waals surface area contributed by atoms with Crippen molar-refractivity contribution in [2.45, 2.75) is 23.8 Å². The van der Waals surface area contributed by atoms with E-state index in [9.17, 15) is 14.7 Å². The van der Waals surface area contributed by atoms with E-state index < -0.39 is 0 Å². The highest BCUT2D eigenvalue weighted by Gasteiger charge is 2.24. The van der Waals surface area contributed by atoms with Crippen LogP contribution in [0.4, 0.5) is 0 Å². The van der Waals surface area contributed by atoms with Gasteiger partial charge in [-0.05, 0) is 25.0 Å². The van der Waals surface area contributed by atoms with E-state index >= 15 is 0 Å². The van der Waals surface area contributed by atoms with Gasteiger partial charge in [0.25, 0.3) is 0 Å². The van der Waals surface area contributed by atoms with Gasteiger partial charge in [0.1, 0.15) is 5.75 Å². The molecule has 0 aromatic heterocycles. The van der Waals surface area contributed by atoms with Gasteiger partial charge in [0.05, 0.1) is 12.3 Å². The number of phenols is 1. The average molecular weight is 294 g/mol. The third kappa shape index (κ3) is 4.45. The number of hydrogen-bond acceptors (Lipinski definition) is 4. The molecule has 0 radical (unpaired) electrons. The quantitative estimate of drug-likeness (QED) is 0.774. The van der Waals surface area contributed by atoms with Crippen LogP contribution >= 0.6 is 11.8 Å². The van der Waals surface area contributed by atoms with E-state index in [4.69, 9.17) is 0 Å². The molecule has 0 atom stereocenters. The number of phenolic OH excluding ortho intramolecular Hbond substituents is 1. The number of likely N-dealkylation sites (N-methyl/N-ethyl adjacent to an activating group) is 1. The molecule has 0 unspecified atom stereocenters. The third-order valence-electron chi connectivity index (χ3n) is 2.97. The molecule has 1 aromatic carbocycles. The fourth-order valence-corrected chi connectivity index (χ4v) is 2.52. The molecule has 2 rings (SSSR count). The number of thioether (sulfide) groups is 1. The van der Waals surface area contributed by atoms with Crippen molar-refractivity contribution in [1.82, 2.24) is 10.2 Å². The first-order valence-electron chi connectivity index (χ1n) is 6.50. The topological polar surface area (TPSA) is 69.6 Å². The Balaban J connectivity index is 1.75. The zero-order valence-electron chi connectivity index (χ0n) is 11.3. The fourth-order valence-electron chi connectivity index (χ4n) is 1.63. The van der Waals surface area contributed by atoms with Gasteiger partial charge in [0.2, 0.25) is 11.8 Å². The van der Waals surface area contributed by atoms with Gasteiger partial charge < -0.3 is 15.3 Å². The molecule has 6 heteroatoms. The Kier molecular flexibility index (Phi) is 4.89. The summed E-state index contributed by atoms with van der Waals surface area (Å²) in [7, 11) is 1.61. The Morgan fingerprint density at radius 3 is 2.75 bits per heavy atom. The van der Waals surface area contributed by atoms with Crippen LogP contribution in [0.5, 0.6) is 5.75 Å². The number of aromatic hydroxyl groups is 1. The van der Waals surface area contributed by atoms with Crippen molar-refractivity contribution in [1.29, 1.82) is 0 Å². The van der Waals surface area contributed by atoms with E-state index in [2.05, 4.69) is 5.32 Å². The summed E-state index contributed by atoms with van der Waals surface area (Å²) in [6.45, 7) is 0.0800. The van der Waals surface area contributed by atoms with E-state index in [1.165, 1.54) is 16.7 Å². The average Bonchev–Trinajstić information content (AvgIpc) is 3.21. The minimum Gasteiger partial charge on any atom is -0.507 e. The van der Waals surface area contributed by atoms with Crippen LogP contribution in [0.2, 0.25) is 0 Å². The predicted octanol–water partition coefficient (Wildman–Crippen LogP) is 1.22. The first kappa shape index (κ1) is 14.7. The van der Waals surface area contributed by atoms with Crippen molar-refractivity contribution < 1.29 is 14.7 Å². The summed E-state index contributed by atoms with van der Waals surface area (Å²) in [6.07, 6.45) is 2.07. The van der Waals surface area contributed by atoms with Crippen molar-refractivity contribution in [2.24, 2.45) is 0 Å². The van der Waals surface area contributed by atoms with Gasteiger partial charge in [-0.2, -0.15) is 0 Å². The maximum Gasteiger partial charge on any atom is 0.239 e. The summed E-state index contributed by atoms with van der Waals surface area (Å²) in [5, 5.41) is 12.4. The van der Waals surface area contributed by atoms with Crippen molar-refractivity contribution in [2.75, 3.05) is 19.3 Å². The molecule has 2 amide bonds. The highest BCUT2D eigenvalue weighted by molar-refractivity contribution is 8.00. The molecule has 0 bridgehead atoms. The number of nitrogens with one attached hydrogen (secondary N) is 1. The van der Waals surface area contributed by atoms with Gasteiger partial charge in [-0.25, -0.2) is 0 Å². The molecular weight excluding hydrogens is 276 g/mol. The summed E-state index contributed by atoms with van der Waals surface area (Å²) < 4.78 is 0. The Bertz CT molecular complexity index is 503. The largest absolute Gasteiger partial charge is 0.507 e. The molecule has 0 aliphatic heterocycles. The maximum absolute atomic E-state index is 11.9. The molecule has 0 heterocycles. The minimum absolute atomic E-state index is 0.0800. The number of hydrogen-bond donors (Lipinski definition) is 2. The lowest BCUT2D eigenvalue weighted by atomic mass is 10.3. The third-order valence-corrected chi connectivity index (χ3v) is 4.01. The molecule has 0 spiro atoms. The molecule has 1 fully saturated rings. The monoisotopic (exact) mass is 294 g/mol. The zero-order valence-corrected chi connectivity index (χ0v) is 12.2. The van der Waals surface area contributed by atoms with Gasteiger partial charge in [-0.1, -0.05) is 12.1 Å². The lowest BCUT2D eigenvalue weighted by Crippen LogP contribution is -2.39. The molecule has 2 N–H and O–H groups in total. The first-order valence-corrected chi connectivity index (χ1v) is 7.49. The number of rotatable bonds is 6. The summed E-state index contributed by atoms with van der Waals surface area (Å²) in [6, 6.07) is 7.18. The van der Waals surface area contributed by atoms with E-state index in [1.54, 1.807) is 31.3 Å². The number of nitrogens with zero attached hydrogens (tertiary/aromatic N) is 1. The van der Waals surface area contributed by atoms with Gasteiger partial charge in [0.15, 0.2) is 0 Å². The van der Waals surface area contributed by atoms with Crippen molar-refractivity contribution in [3.63, 3.8) is 0 Å². The Hall–Kier alpha value is -1.69. The zero-order chi connectivity index (χ0) is 14.5. The van der Waals surface area contributed by atoms with Crippen molar-refractivity contribution >= 4 is 23.6 Å². The lowest BCUT2D eigenvalue weighted by molar-refractivity contribution is -0.132. The highest BCUT2D eigenvalue weighted by Crippen LogP contribution is 2.27. The standard InChI is InChI=1S/C14H18N2O3S/c1-16(8-13(18)15-10-6-7-10)14(19)9-20-12-5-3-2-4-11(12)17/h2-5,10,17H,6-9H2,1H3,(H,15,18). The fraction of sp³-hybridized carbons (Fsp3) is 0.429. The van der Waals surface area contributed by atoms with Crippen molar-refractivity contribution in [3.8, 4) is 5.75 Å². The van der Waals surface area contributed by atoms with Crippen LogP contribution in [0.15, 0.2) is 29.2 Å². The molecule has 0 saturated heterocycles. The summed E-state index contributed by atoms with van der Waals surface area (Å²) in [4.78, 5) is 25.6. The predicted molar refractivity (Wildman–Crippen MR) is 77.6 cm³/mol. The summed E-state index contributed by atoms with van der Waals surface area (Å²) >= 11 is 1.26. The van der Waals surface area contributed by atoms with Gasteiger partial charge in [-0.15, -0.1) is 11.8 Å². The molecule has 1 aliphatic rings. The van der Waals surface area contributed by atoms with Crippen LogP contribution in [0.1, 0.15) is 12.8 Å². The second-order valence-electron chi connectivity index (χ2n) is 4.85. The van der Waals surface area contributed by atoms with Crippen LogP contribution in [0.3, 0.4) is 0 Å². The highest BCUT2D eigenvalue weighted by atomic mass is 32.2. The Morgan fingerprint density at radius 1 is 1.40 bits per heavy atom. The molecule has 20 heavy (non-hydrogen) atoms. The maximum atomic E-state index is 11.9. The molecular formula is C14H18N2O3S. The number of para-hydroxylation sites is 1. The Morgan fingerprint density at radius 2 is 2.10 bits per heavy atom. The van der Waals surface area contributed by atoms with E-state index in [0.29, 0.717) is 10.9 Å². The van der Waals surface area contributed by atoms with Crippen LogP contribution in [-0.2, 0) is 9.59 Å². The number of carbonyl (C=O) groups excluding carboxylic acids is 2. The van der Waals surface area contributed by atoms with E-state index in [-0.39, 0.29) is 29.9 Å². The molecule has 5 nitrogen and oxygen atoms in total. The lowest BCUT2D eigenvalue weighted by Gasteiger charge is -2.16. The summed E-state index contributed by atoms with van der Waals surface area (Å²) in [5.74, 6) is 0.115. The van der Waals surface area contributed by atoms with Gasteiger partial charge in [-0.3, -0.25) is 9.59 Å².